The summed E-state index contributed by atoms with van der Waals surface area (Å²) in [5, 5.41) is 0. The lowest BCUT2D eigenvalue weighted by Gasteiger charge is -2.21. The molecule has 2 aromatic heterocycles. The Labute approximate surface area is 111 Å². The summed E-state index contributed by atoms with van der Waals surface area (Å²) in [6, 6.07) is 3.77. The molecule has 0 spiro atoms. The third-order valence-electron chi connectivity index (χ3n) is 2.84. The highest BCUT2D eigenvalue weighted by atomic mass is 16.5. The van der Waals surface area contributed by atoms with Crippen LogP contribution in [0.4, 0.5) is 5.82 Å². The van der Waals surface area contributed by atoms with Gasteiger partial charge in [-0.2, -0.15) is 0 Å². The van der Waals surface area contributed by atoms with Crippen LogP contribution in [-0.2, 0) is 9.53 Å². The first kappa shape index (κ1) is 13.2. The number of anilines is 1. The van der Waals surface area contributed by atoms with Gasteiger partial charge in [-0.15, -0.1) is 0 Å². The Morgan fingerprint density at radius 2 is 2.11 bits per heavy atom. The fourth-order valence-corrected chi connectivity index (χ4v) is 1.78. The molecule has 0 fully saturated rings. The number of esters is 1. The highest BCUT2D eigenvalue weighted by Gasteiger charge is 2.10. The number of pyridine rings is 1. The van der Waals surface area contributed by atoms with Gasteiger partial charge in [0.1, 0.15) is 11.3 Å². The fraction of sp³-hybridized carbons (Fsp3) is 0.385. The van der Waals surface area contributed by atoms with E-state index in [1.54, 1.807) is 12.4 Å². The number of hydrogen-bond donors (Lipinski definition) is 0. The van der Waals surface area contributed by atoms with Gasteiger partial charge in [0.05, 0.1) is 13.5 Å². The van der Waals surface area contributed by atoms with Crippen LogP contribution in [0.15, 0.2) is 24.5 Å². The zero-order valence-electron chi connectivity index (χ0n) is 11.0. The van der Waals surface area contributed by atoms with E-state index in [0.29, 0.717) is 18.6 Å². The van der Waals surface area contributed by atoms with Crippen LogP contribution >= 0.6 is 0 Å². The minimum atomic E-state index is -0.223. The second-order valence-corrected chi connectivity index (χ2v) is 3.97. The van der Waals surface area contributed by atoms with Crippen molar-refractivity contribution in [3.05, 3.63) is 24.5 Å². The van der Waals surface area contributed by atoms with Crippen LogP contribution < -0.4 is 4.90 Å². The number of aromatic nitrogens is 3. The van der Waals surface area contributed by atoms with E-state index < -0.39 is 0 Å². The van der Waals surface area contributed by atoms with Crippen LogP contribution in [0.25, 0.3) is 11.2 Å². The third kappa shape index (κ3) is 3.15. The summed E-state index contributed by atoms with van der Waals surface area (Å²) in [6.45, 7) is 3.34. The maximum absolute atomic E-state index is 11.2. The van der Waals surface area contributed by atoms with Gasteiger partial charge in [0.25, 0.3) is 0 Å². The lowest BCUT2D eigenvalue weighted by Crippen LogP contribution is -2.27. The molecular formula is C13H16N4O2. The van der Waals surface area contributed by atoms with Crippen molar-refractivity contribution in [1.29, 1.82) is 0 Å². The highest BCUT2D eigenvalue weighted by Crippen LogP contribution is 2.15. The molecule has 0 N–H and O–H groups in total. The zero-order chi connectivity index (χ0) is 13.7. The van der Waals surface area contributed by atoms with Crippen molar-refractivity contribution in [2.45, 2.75) is 13.3 Å². The van der Waals surface area contributed by atoms with E-state index in [0.717, 1.165) is 17.9 Å². The average Bonchev–Trinajstić information content (AvgIpc) is 2.47. The van der Waals surface area contributed by atoms with Crippen molar-refractivity contribution < 1.29 is 9.53 Å². The predicted octanol–water partition coefficient (Wildman–Crippen LogP) is 1.41. The van der Waals surface area contributed by atoms with E-state index in [2.05, 4.69) is 19.7 Å². The Morgan fingerprint density at radius 1 is 1.32 bits per heavy atom. The SMILES string of the molecule is CCN(CCC(=O)OC)c1ccc2nccnc2n1. The molecule has 0 saturated heterocycles. The molecule has 19 heavy (non-hydrogen) atoms. The minimum Gasteiger partial charge on any atom is -0.469 e. The number of rotatable bonds is 5. The van der Waals surface area contributed by atoms with Crippen molar-refractivity contribution in [1.82, 2.24) is 15.0 Å². The second kappa shape index (κ2) is 6.08. The largest absolute Gasteiger partial charge is 0.469 e. The molecule has 0 aliphatic carbocycles. The van der Waals surface area contributed by atoms with Crippen LogP contribution in [0.1, 0.15) is 13.3 Å². The van der Waals surface area contributed by atoms with Gasteiger partial charge < -0.3 is 9.64 Å². The van der Waals surface area contributed by atoms with Crippen molar-refractivity contribution in [2.75, 3.05) is 25.1 Å². The van der Waals surface area contributed by atoms with E-state index in [-0.39, 0.29) is 5.97 Å². The van der Waals surface area contributed by atoms with Crippen molar-refractivity contribution in [2.24, 2.45) is 0 Å². The van der Waals surface area contributed by atoms with Crippen LogP contribution in [-0.4, -0.2) is 41.1 Å². The molecule has 0 aromatic carbocycles. The molecule has 0 unspecified atom stereocenters. The monoisotopic (exact) mass is 260 g/mol. The number of hydrogen-bond acceptors (Lipinski definition) is 6. The topological polar surface area (TPSA) is 68.2 Å². The average molecular weight is 260 g/mol. The lowest BCUT2D eigenvalue weighted by molar-refractivity contribution is -0.140. The number of ether oxygens (including phenoxy) is 1. The molecule has 2 rings (SSSR count). The van der Waals surface area contributed by atoms with Crippen molar-refractivity contribution in [3.63, 3.8) is 0 Å². The van der Waals surface area contributed by atoms with E-state index >= 15 is 0 Å². The van der Waals surface area contributed by atoms with E-state index in [9.17, 15) is 4.79 Å². The molecule has 0 saturated carbocycles. The summed E-state index contributed by atoms with van der Waals surface area (Å²) in [6.07, 6.45) is 3.59. The molecule has 0 atom stereocenters. The normalized spacial score (nSPS) is 10.4. The lowest BCUT2D eigenvalue weighted by atomic mass is 10.3. The first-order valence-electron chi connectivity index (χ1n) is 6.14. The van der Waals surface area contributed by atoms with Gasteiger partial charge in [-0.05, 0) is 19.1 Å². The summed E-state index contributed by atoms with van der Waals surface area (Å²) in [7, 11) is 1.39. The number of nitrogens with zero attached hydrogens (tertiary/aromatic N) is 4. The maximum atomic E-state index is 11.2. The standard InChI is InChI=1S/C13H16N4O2/c1-3-17(9-6-12(18)19-2)11-5-4-10-13(16-11)15-8-7-14-10/h4-5,7-8H,3,6,9H2,1-2H3. The molecule has 6 heteroatoms. The van der Waals surface area contributed by atoms with Crippen molar-refractivity contribution in [3.8, 4) is 0 Å². The Morgan fingerprint density at radius 3 is 2.84 bits per heavy atom. The molecule has 100 valence electrons. The van der Waals surface area contributed by atoms with E-state index in [1.807, 2.05) is 24.0 Å². The van der Waals surface area contributed by atoms with Crippen molar-refractivity contribution >= 4 is 23.0 Å². The molecule has 0 amide bonds. The zero-order valence-corrected chi connectivity index (χ0v) is 11.0. The first-order chi connectivity index (χ1) is 9.24. The molecule has 0 bridgehead atoms. The number of carbonyl (C=O) groups excluding carboxylic acids is 1. The Hall–Kier alpha value is -2.24. The van der Waals surface area contributed by atoms with E-state index in [1.165, 1.54) is 7.11 Å². The Bertz CT molecular complexity index is 573. The molecule has 2 heterocycles. The first-order valence-corrected chi connectivity index (χ1v) is 6.14. The Kier molecular flexibility index (Phi) is 4.22. The smallest absolute Gasteiger partial charge is 0.307 e. The molecular weight excluding hydrogens is 244 g/mol. The van der Waals surface area contributed by atoms with Crippen LogP contribution in [0.2, 0.25) is 0 Å². The molecule has 0 aliphatic rings. The number of carbonyl (C=O) groups is 1. The van der Waals surface area contributed by atoms with Gasteiger partial charge in [-0.1, -0.05) is 0 Å². The molecule has 0 aliphatic heterocycles. The van der Waals surface area contributed by atoms with Gasteiger partial charge in [0, 0.05) is 25.5 Å². The van der Waals surface area contributed by atoms with E-state index in [4.69, 9.17) is 0 Å². The summed E-state index contributed by atoms with van der Waals surface area (Å²) >= 11 is 0. The van der Waals surface area contributed by atoms with Gasteiger partial charge in [0.15, 0.2) is 5.65 Å². The predicted molar refractivity (Wildman–Crippen MR) is 71.9 cm³/mol. The number of fused-ring (bicyclic) bond motifs is 1. The van der Waals surface area contributed by atoms with Gasteiger partial charge in [-0.3, -0.25) is 9.78 Å². The van der Waals surface area contributed by atoms with Gasteiger partial charge in [0.2, 0.25) is 0 Å². The molecule has 6 nitrogen and oxygen atoms in total. The highest BCUT2D eigenvalue weighted by molar-refractivity contribution is 5.72. The summed E-state index contributed by atoms with van der Waals surface area (Å²) in [5.41, 5.74) is 1.37. The molecule has 0 radical (unpaired) electrons. The van der Waals surface area contributed by atoms with Gasteiger partial charge in [-0.25, -0.2) is 9.97 Å². The van der Waals surface area contributed by atoms with Gasteiger partial charge >= 0.3 is 5.97 Å². The molecule has 2 aromatic rings. The van der Waals surface area contributed by atoms with Crippen LogP contribution in [0.3, 0.4) is 0 Å². The summed E-state index contributed by atoms with van der Waals surface area (Å²) < 4.78 is 4.64. The maximum Gasteiger partial charge on any atom is 0.307 e. The quantitative estimate of drug-likeness (QED) is 0.757. The second-order valence-electron chi connectivity index (χ2n) is 3.97. The fourth-order valence-electron chi connectivity index (χ4n) is 1.78. The summed E-state index contributed by atoms with van der Waals surface area (Å²) in [4.78, 5) is 26.0. The Balaban J connectivity index is 2.18. The third-order valence-corrected chi connectivity index (χ3v) is 2.84. The summed E-state index contributed by atoms with van der Waals surface area (Å²) in [5.74, 6) is 0.568. The van der Waals surface area contributed by atoms with Crippen LogP contribution in [0.5, 0.6) is 0 Å². The minimum absolute atomic E-state index is 0.223. The van der Waals surface area contributed by atoms with Crippen LogP contribution in [0, 0.1) is 0 Å². The number of methoxy groups -OCH3 is 1.